The second-order valence-corrected chi connectivity index (χ2v) is 24.0. The number of ether oxygens (including phenoxy) is 6. The Morgan fingerprint density at radius 1 is 0.500 bits per heavy atom. The van der Waals surface area contributed by atoms with E-state index in [9.17, 15) is 65.4 Å². The van der Waals surface area contributed by atoms with Crippen LogP contribution in [0.3, 0.4) is 0 Å². The van der Waals surface area contributed by atoms with Gasteiger partial charge in [-0.1, -0.05) is 188 Å². The van der Waals surface area contributed by atoms with Crippen molar-refractivity contribution in [1.82, 2.24) is 16.0 Å². The molecule has 0 aromatic rings. The van der Waals surface area contributed by atoms with Gasteiger partial charge in [-0.25, -0.2) is 0 Å². The van der Waals surface area contributed by atoms with Crippen molar-refractivity contribution in [3.8, 4) is 0 Å². The molecule has 19 atom stereocenters. The van der Waals surface area contributed by atoms with Crippen LogP contribution >= 0.6 is 0 Å². The van der Waals surface area contributed by atoms with Crippen LogP contribution < -0.4 is 16.0 Å². The van der Waals surface area contributed by atoms with Crippen LogP contribution in [0.1, 0.15) is 221 Å². The van der Waals surface area contributed by atoms with Gasteiger partial charge >= 0.3 is 0 Å². The molecule has 0 spiro atoms. The highest BCUT2D eigenvalue weighted by atomic mass is 16.8. The van der Waals surface area contributed by atoms with Crippen molar-refractivity contribution in [2.45, 2.75) is 338 Å². The lowest BCUT2D eigenvalue weighted by molar-refractivity contribution is -0.366. The maximum absolute atomic E-state index is 13.8. The first-order chi connectivity index (χ1) is 39.2. The van der Waals surface area contributed by atoms with Crippen LogP contribution in [0.5, 0.6) is 0 Å². The van der Waals surface area contributed by atoms with E-state index < -0.39 is 154 Å². The van der Waals surface area contributed by atoms with Crippen molar-refractivity contribution in [2.24, 2.45) is 5.92 Å². The van der Waals surface area contributed by atoms with Gasteiger partial charge in [-0.3, -0.25) is 14.4 Å². The highest BCUT2D eigenvalue weighted by Gasteiger charge is 2.55. The third kappa shape index (κ3) is 26.8. The molecule has 22 heteroatoms. The number of amides is 3. The fourth-order valence-electron chi connectivity index (χ4n) is 11.2. The average Bonchev–Trinajstić information content (AvgIpc) is 3.33. The summed E-state index contributed by atoms with van der Waals surface area (Å²) < 4.78 is 36.9. The van der Waals surface area contributed by atoms with E-state index in [1.54, 1.807) is 0 Å². The van der Waals surface area contributed by atoms with Gasteiger partial charge in [0.25, 0.3) is 0 Å². The second-order valence-electron chi connectivity index (χ2n) is 24.0. The van der Waals surface area contributed by atoms with E-state index in [4.69, 9.17) is 28.4 Å². The van der Waals surface area contributed by atoms with Crippen molar-refractivity contribution < 1.29 is 93.9 Å². The van der Waals surface area contributed by atoms with Gasteiger partial charge in [0, 0.05) is 13.8 Å². The maximum atomic E-state index is 13.8. The number of rotatable bonds is 44. The first-order valence-electron chi connectivity index (χ1n) is 31.7. The normalized spacial score (nSPS) is 30.2. The molecule has 0 bridgehead atoms. The predicted molar refractivity (Wildman–Crippen MR) is 307 cm³/mol. The van der Waals surface area contributed by atoms with Gasteiger partial charge in [0.1, 0.15) is 79.2 Å². The third-order valence-corrected chi connectivity index (χ3v) is 16.3. The quantitative estimate of drug-likeness (QED) is 0.0384. The van der Waals surface area contributed by atoms with E-state index in [0.717, 1.165) is 71.6 Å². The molecule has 0 aliphatic carbocycles. The molecule has 22 nitrogen and oxygen atoms in total. The van der Waals surface area contributed by atoms with Crippen LogP contribution in [0.25, 0.3) is 0 Å². The summed E-state index contributed by atoms with van der Waals surface area (Å²) in [4.78, 5) is 39.3. The molecule has 3 rings (SSSR count). The van der Waals surface area contributed by atoms with Gasteiger partial charge in [0.2, 0.25) is 17.7 Å². The lowest BCUT2D eigenvalue weighted by atomic mass is 9.93. The summed E-state index contributed by atoms with van der Waals surface area (Å²) in [6, 6.07) is -4.44. The van der Waals surface area contributed by atoms with E-state index >= 15 is 0 Å². The third-order valence-electron chi connectivity index (χ3n) is 16.3. The predicted octanol–water partition coefficient (Wildman–Crippen LogP) is 3.93. The molecule has 0 radical (unpaired) electrons. The number of aliphatic hydroxyl groups is 10. The highest BCUT2D eigenvalue weighted by molar-refractivity contribution is 5.80. The fourth-order valence-corrected chi connectivity index (χ4v) is 11.2. The van der Waals surface area contributed by atoms with Crippen LogP contribution in [0.2, 0.25) is 0 Å². The van der Waals surface area contributed by atoms with Gasteiger partial charge < -0.3 is 95.4 Å². The number of nitrogens with one attached hydrogen (secondary N) is 3. The molecule has 3 amide bonds. The van der Waals surface area contributed by atoms with Crippen LogP contribution in [-0.2, 0) is 42.8 Å². The number of carbonyl (C=O) groups excluding carboxylic acids is 3. The molecule has 0 unspecified atom stereocenters. The summed E-state index contributed by atoms with van der Waals surface area (Å²) >= 11 is 0. The summed E-state index contributed by atoms with van der Waals surface area (Å²) in [7, 11) is 0. The lowest BCUT2D eigenvalue weighted by Gasteiger charge is -2.50. The molecule has 3 aliphatic heterocycles. The molecular formula is C60H113N3O19. The zero-order chi connectivity index (χ0) is 60.6. The Labute approximate surface area is 489 Å². The Balaban J connectivity index is 1.80. The monoisotopic (exact) mass is 1180 g/mol. The summed E-state index contributed by atoms with van der Waals surface area (Å²) in [6.45, 7) is 8.08. The van der Waals surface area contributed by atoms with E-state index in [1.807, 2.05) is 0 Å². The Morgan fingerprint density at radius 3 is 1.44 bits per heavy atom. The summed E-state index contributed by atoms with van der Waals surface area (Å²) in [5.74, 6) is -1.49. The minimum absolute atomic E-state index is 0.144. The van der Waals surface area contributed by atoms with Crippen molar-refractivity contribution in [1.29, 1.82) is 0 Å². The molecule has 0 aromatic carbocycles. The molecular weight excluding hydrogens is 1070 g/mol. The Kier molecular flexibility index (Phi) is 37.7. The minimum Gasteiger partial charge on any atom is -0.394 e. The second kappa shape index (κ2) is 41.8. The minimum atomic E-state index is -1.92. The largest absolute Gasteiger partial charge is 0.394 e. The number of unbranched alkanes of at least 4 members (excludes halogenated alkanes) is 23. The molecule has 0 aromatic heterocycles. The highest BCUT2D eigenvalue weighted by Crippen LogP contribution is 2.34. The van der Waals surface area contributed by atoms with E-state index in [2.05, 4.69) is 36.7 Å². The SMILES string of the molecule is CCCCCCCCCCCCCCCCCC[C@@H](O)C(=O)N[C@@H](CO[C@@H]1O[C@H](CO)[C@@H](O[C@@H]2O[C@H](CO)[C@H](O)[C@H](O)[C@H]2NC(C)=O)[C@H](O[C@H]2O[C@H](C)[C@H](O)[C@H](O)[C@H]2O)[C@H]1NC(C)=O)[C@H](O)[C@H](O)CCCCCCCCCCCC(C)C. The van der Waals surface area contributed by atoms with Crippen molar-refractivity contribution in [2.75, 3.05) is 19.8 Å². The first-order valence-corrected chi connectivity index (χ1v) is 31.7. The van der Waals surface area contributed by atoms with Gasteiger partial charge in [-0.15, -0.1) is 0 Å². The van der Waals surface area contributed by atoms with E-state index in [1.165, 1.54) is 103 Å². The van der Waals surface area contributed by atoms with Crippen molar-refractivity contribution >= 4 is 17.7 Å². The van der Waals surface area contributed by atoms with Crippen LogP contribution in [-0.4, -0.2) is 205 Å². The van der Waals surface area contributed by atoms with Gasteiger partial charge in [-0.05, 0) is 25.7 Å². The van der Waals surface area contributed by atoms with Gasteiger partial charge in [0.05, 0.1) is 38.1 Å². The standard InChI is InChI=1S/C60H113N3O19/c1-7-8-9-10-11-12-13-14-15-16-17-18-21-25-28-31-34-44(69)57(76)63-42(50(71)43(68)33-30-27-24-22-19-20-23-26-29-32-38(2)3)37-77-58-48(62-41(6)67)56(82-60-54(75)53(74)49(70)39(4)78-60)55(46(36-65)80-58)81-59-47(61-40(5)66)52(73)51(72)45(35-64)79-59/h38-39,42-56,58-60,64-65,68-75H,7-37H2,1-6H3,(H,61,66)(H,62,67)(H,63,76)/t39-,42+,43-,44-,45-,46-,47-,48-,49+,50+,51+,52-,53+,54-,55-,56-,58-,59+,60-/m1/s1. The number of hydrogen-bond acceptors (Lipinski definition) is 19. The topological polar surface area (TPSA) is 345 Å². The van der Waals surface area contributed by atoms with Gasteiger partial charge in [-0.2, -0.15) is 0 Å². The van der Waals surface area contributed by atoms with Crippen LogP contribution in [0, 0.1) is 5.92 Å². The zero-order valence-electron chi connectivity index (χ0n) is 50.6. The molecule has 3 saturated heterocycles. The summed E-state index contributed by atoms with van der Waals surface area (Å²) in [5, 5.41) is 118. The summed E-state index contributed by atoms with van der Waals surface area (Å²) in [5.41, 5.74) is 0. The average molecular weight is 1180 g/mol. The number of carbonyl (C=O) groups is 3. The van der Waals surface area contributed by atoms with E-state index in [-0.39, 0.29) is 12.8 Å². The zero-order valence-corrected chi connectivity index (χ0v) is 50.6. The van der Waals surface area contributed by atoms with Gasteiger partial charge in [0.15, 0.2) is 18.9 Å². The smallest absolute Gasteiger partial charge is 0.249 e. The van der Waals surface area contributed by atoms with Crippen LogP contribution in [0.4, 0.5) is 0 Å². The first kappa shape index (κ1) is 74.0. The molecule has 0 saturated carbocycles. The number of hydrogen-bond donors (Lipinski definition) is 13. The molecule has 82 heavy (non-hydrogen) atoms. The maximum Gasteiger partial charge on any atom is 0.249 e. The summed E-state index contributed by atoms with van der Waals surface area (Å²) in [6.07, 6.45) is 3.76. The molecule has 482 valence electrons. The fraction of sp³-hybridized carbons (Fsp3) is 0.950. The Morgan fingerprint density at radius 2 is 0.951 bits per heavy atom. The molecule has 3 fully saturated rings. The molecule has 3 heterocycles. The van der Waals surface area contributed by atoms with E-state index in [0.29, 0.717) is 18.8 Å². The molecule has 3 aliphatic rings. The Hall–Kier alpha value is -2.23. The van der Waals surface area contributed by atoms with Crippen LogP contribution in [0.15, 0.2) is 0 Å². The number of aliphatic hydroxyl groups excluding tert-OH is 10. The van der Waals surface area contributed by atoms with Crippen molar-refractivity contribution in [3.05, 3.63) is 0 Å². The molecule has 13 N–H and O–H groups in total. The van der Waals surface area contributed by atoms with Crippen molar-refractivity contribution in [3.63, 3.8) is 0 Å². The lowest BCUT2D eigenvalue weighted by Crippen LogP contribution is -2.71. The Bertz CT molecular complexity index is 1690.